The SMILES string of the molecule is CC(C)C(NC(=O)c1ccc2c(c1)OCO2)C(=O)N/N=C/c1cccc(O)c1. The zero-order valence-electron chi connectivity index (χ0n) is 15.5. The second-order valence-electron chi connectivity index (χ2n) is 6.59. The topological polar surface area (TPSA) is 109 Å². The van der Waals surface area contributed by atoms with Gasteiger partial charge < -0.3 is 19.9 Å². The molecule has 0 saturated heterocycles. The number of aromatic hydroxyl groups is 1. The molecule has 0 saturated carbocycles. The Labute approximate surface area is 162 Å². The Morgan fingerprint density at radius 1 is 1.14 bits per heavy atom. The summed E-state index contributed by atoms with van der Waals surface area (Å²) in [7, 11) is 0. The van der Waals surface area contributed by atoms with Gasteiger partial charge in [-0.25, -0.2) is 5.43 Å². The summed E-state index contributed by atoms with van der Waals surface area (Å²) in [6, 6.07) is 10.5. The number of ether oxygens (including phenoxy) is 2. The Bertz CT molecular complexity index is 910. The first-order valence-corrected chi connectivity index (χ1v) is 8.76. The molecule has 8 heteroatoms. The molecule has 1 aliphatic heterocycles. The number of nitrogens with one attached hydrogen (secondary N) is 2. The van der Waals surface area contributed by atoms with Crippen LogP contribution in [0.4, 0.5) is 0 Å². The first-order valence-electron chi connectivity index (χ1n) is 8.76. The Hall–Kier alpha value is -3.55. The van der Waals surface area contributed by atoms with Gasteiger partial charge in [-0.05, 0) is 41.8 Å². The van der Waals surface area contributed by atoms with E-state index in [0.29, 0.717) is 22.6 Å². The summed E-state index contributed by atoms with van der Waals surface area (Å²) < 4.78 is 10.5. The summed E-state index contributed by atoms with van der Waals surface area (Å²) in [5.41, 5.74) is 3.42. The van der Waals surface area contributed by atoms with Crippen LogP contribution in [0.5, 0.6) is 17.2 Å². The third kappa shape index (κ3) is 4.59. The van der Waals surface area contributed by atoms with Gasteiger partial charge in [-0.15, -0.1) is 0 Å². The van der Waals surface area contributed by atoms with E-state index < -0.39 is 17.9 Å². The van der Waals surface area contributed by atoms with Crippen LogP contribution >= 0.6 is 0 Å². The van der Waals surface area contributed by atoms with Gasteiger partial charge in [0, 0.05) is 5.56 Å². The number of fused-ring (bicyclic) bond motifs is 1. The van der Waals surface area contributed by atoms with Crippen molar-refractivity contribution >= 4 is 18.0 Å². The summed E-state index contributed by atoms with van der Waals surface area (Å²) in [6.07, 6.45) is 1.41. The van der Waals surface area contributed by atoms with Crippen LogP contribution in [-0.4, -0.2) is 36.0 Å². The zero-order chi connectivity index (χ0) is 20.1. The summed E-state index contributed by atoms with van der Waals surface area (Å²) in [5.74, 6) is 0.176. The minimum atomic E-state index is -0.778. The number of phenolic OH excluding ortho intramolecular Hbond substituents is 1. The van der Waals surface area contributed by atoms with Crippen LogP contribution in [0.25, 0.3) is 0 Å². The van der Waals surface area contributed by atoms with Gasteiger partial charge in [0.05, 0.1) is 6.21 Å². The van der Waals surface area contributed by atoms with E-state index in [1.54, 1.807) is 30.3 Å². The van der Waals surface area contributed by atoms with Crippen molar-refractivity contribution in [3.8, 4) is 17.2 Å². The van der Waals surface area contributed by atoms with Crippen molar-refractivity contribution in [2.75, 3.05) is 6.79 Å². The molecule has 8 nitrogen and oxygen atoms in total. The maximum atomic E-state index is 12.5. The van der Waals surface area contributed by atoms with Gasteiger partial charge in [-0.2, -0.15) is 5.10 Å². The number of hydrazone groups is 1. The number of hydrogen-bond acceptors (Lipinski definition) is 6. The molecule has 2 aromatic rings. The molecule has 146 valence electrons. The maximum Gasteiger partial charge on any atom is 0.262 e. The highest BCUT2D eigenvalue weighted by Gasteiger charge is 2.25. The molecule has 0 spiro atoms. The van der Waals surface area contributed by atoms with Gasteiger partial charge in [0.15, 0.2) is 11.5 Å². The van der Waals surface area contributed by atoms with Crippen LogP contribution in [0.3, 0.4) is 0 Å². The molecule has 0 aliphatic carbocycles. The van der Waals surface area contributed by atoms with E-state index in [9.17, 15) is 14.7 Å². The first kappa shape index (κ1) is 19.2. The summed E-state index contributed by atoms with van der Waals surface area (Å²) >= 11 is 0. The fourth-order valence-electron chi connectivity index (χ4n) is 2.64. The second kappa shape index (κ2) is 8.43. The van der Waals surface area contributed by atoms with Gasteiger partial charge >= 0.3 is 0 Å². The zero-order valence-corrected chi connectivity index (χ0v) is 15.5. The predicted octanol–water partition coefficient (Wildman–Crippen LogP) is 2.03. The molecule has 3 N–H and O–H groups in total. The smallest absolute Gasteiger partial charge is 0.262 e. The average molecular weight is 383 g/mol. The minimum absolute atomic E-state index is 0.103. The Morgan fingerprint density at radius 3 is 2.68 bits per heavy atom. The fraction of sp³-hybridized carbons (Fsp3) is 0.250. The Kier molecular flexibility index (Phi) is 5.78. The lowest BCUT2D eigenvalue weighted by atomic mass is 10.0. The fourth-order valence-corrected chi connectivity index (χ4v) is 2.64. The van der Waals surface area contributed by atoms with Crippen molar-refractivity contribution < 1.29 is 24.2 Å². The second-order valence-corrected chi connectivity index (χ2v) is 6.59. The number of nitrogens with zero attached hydrogens (tertiary/aromatic N) is 1. The molecule has 3 rings (SSSR count). The van der Waals surface area contributed by atoms with Gasteiger partial charge in [0.25, 0.3) is 11.8 Å². The molecule has 0 fully saturated rings. The van der Waals surface area contributed by atoms with Gasteiger partial charge in [-0.1, -0.05) is 26.0 Å². The number of rotatable bonds is 6. The van der Waals surface area contributed by atoms with E-state index in [-0.39, 0.29) is 18.5 Å². The van der Waals surface area contributed by atoms with Crippen molar-refractivity contribution in [2.45, 2.75) is 19.9 Å². The number of phenols is 1. The van der Waals surface area contributed by atoms with Crippen LogP contribution in [0.1, 0.15) is 29.8 Å². The first-order chi connectivity index (χ1) is 13.4. The van der Waals surface area contributed by atoms with Gasteiger partial charge in [0.1, 0.15) is 11.8 Å². The van der Waals surface area contributed by atoms with Crippen molar-refractivity contribution in [3.63, 3.8) is 0 Å². The third-order valence-electron chi connectivity index (χ3n) is 4.13. The van der Waals surface area contributed by atoms with Crippen LogP contribution in [0.15, 0.2) is 47.6 Å². The van der Waals surface area contributed by atoms with Crippen molar-refractivity contribution in [1.82, 2.24) is 10.7 Å². The number of hydrogen-bond donors (Lipinski definition) is 3. The van der Waals surface area contributed by atoms with Crippen LogP contribution in [0.2, 0.25) is 0 Å². The standard InChI is InChI=1S/C20H21N3O5/c1-12(2)18(20(26)23-21-10-13-4-3-5-15(24)8-13)22-19(25)14-6-7-16-17(9-14)28-11-27-16/h3-10,12,18,24H,11H2,1-2H3,(H,22,25)(H,23,26)/b21-10+. The molecule has 1 atom stereocenters. The van der Waals surface area contributed by atoms with E-state index in [2.05, 4.69) is 15.8 Å². The molecule has 2 amide bonds. The van der Waals surface area contributed by atoms with Gasteiger partial charge in [-0.3, -0.25) is 9.59 Å². The lowest BCUT2D eigenvalue weighted by Crippen LogP contribution is -2.48. The molecular weight excluding hydrogens is 362 g/mol. The molecule has 2 aromatic carbocycles. The van der Waals surface area contributed by atoms with Crippen molar-refractivity contribution in [3.05, 3.63) is 53.6 Å². The highest BCUT2D eigenvalue weighted by molar-refractivity contribution is 5.98. The van der Waals surface area contributed by atoms with Gasteiger partial charge in [0.2, 0.25) is 6.79 Å². The molecule has 1 unspecified atom stereocenters. The number of amides is 2. The molecule has 0 aromatic heterocycles. The Morgan fingerprint density at radius 2 is 1.93 bits per heavy atom. The summed E-state index contributed by atoms with van der Waals surface area (Å²) in [6.45, 7) is 3.76. The average Bonchev–Trinajstić information content (AvgIpc) is 3.13. The lowest BCUT2D eigenvalue weighted by molar-refractivity contribution is -0.123. The minimum Gasteiger partial charge on any atom is -0.508 e. The Balaban J connectivity index is 1.63. The maximum absolute atomic E-state index is 12.5. The predicted molar refractivity (Wildman–Crippen MR) is 103 cm³/mol. The highest BCUT2D eigenvalue weighted by Crippen LogP contribution is 2.32. The van der Waals surface area contributed by atoms with E-state index in [1.807, 2.05) is 13.8 Å². The number of benzene rings is 2. The quantitative estimate of drug-likeness (QED) is 0.522. The van der Waals surface area contributed by atoms with Crippen LogP contribution < -0.4 is 20.2 Å². The van der Waals surface area contributed by atoms with Crippen LogP contribution in [-0.2, 0) is 4.79 Å². The number of carbonyl (C=O) groups excluding carboxylic acids is 2. The molecule has 0 bridgehead atoms. The molecular formula is C20H21N3O5. The monoisotopic (exact) mass is 383 g/mol. The van der Waals surface area contributed by atoms with E-state index >= 15 is 0 Å². The molecule has 1 heterocycles. The van der Waals surface area contributed by atoms with Crippen molar-refractivity contribution in [2.24, 2.45) is 11.0 Å². The molecule has 1 aliphatic rings. The molecule has 28 heavy (non-hydrogen) atoms. The molecule has 0 radical (unpaired) electrons. The van der Waals surface area contributed by atoms with E-state index in [0.717, 1.165) is 0 Å². The van der Waals surface area contributed by atoms with Crippen molar-refractivity contribution in [1.29, 1.82) is 0 Å². The largest absolute Gasteiger partial charge is 0.508 e. The lowest BCUT2D eigenvalue weighted by Gasteiger charge is -2.20. The summed E-state index contributed by atoms with van der Waals surface area (Å²) in [4.78, 5) is 25.0. The highest BCUT2D eigenvalue weighted by atomic mass is 16.7. The van der Waals surface area contributed by atoms with E-state index in [1.165, 1.54) is 18.3 Å². The van der Waals surface area contributed by atoms with Crippen LogP contribution in [0, 0.1) is 5.92 Å². The third-order valence-corrected chi connectivity index (χ3v) is 4.13. The van der Waals surface area contributed by atoms with E-state index in [4.69, 9.17) is 9.47 Å². The summed E-state index contributed by atoms with van der Waals surface area (Å²) in [5, 5.41) is 16.0. The number of carbonyl (C=O) groups is 2. The normalized spacial score (nSPS) is 13.5.